The first-order chi connectivity index (χ1) is 13.2. The molecule has 0 bridgehead atoms. The predicted molar refractivity (Wildman–Crippen MR) is 112 cm³/mol. The van der Waals surface area contributed by atoms with Crippen molar-refractivity contribution in [3.8, 4) is 0 Å². The van der Waals surface area contributed by atoms with Crippen LogP contribution in [0.2, 0.25) is 0 Å². The van der Waals surface area contributed by atoms with E-state index in [0.29, 0.717) is 6.54 Å². The lowest BCUT2D eigenvalue weighted by atomic mass is 9.75. The molecule has 4 rings (SSSR count). The van der Waals surface area contributed by atoms with Gasteiger partial charge in [0, 0.05) is 5.69 Å². The standard InChI is InChI=1S/C22H27BN2O3/c1-15-17(23-27-21(2,3)22(4,5)28-23)12-9-13-19(15)25-14-18(24-20(25)26)16-10-7-6-8-11-16/h6-13,18H,14H2,1-5H3,(H,24,26). The number of nitrogens with zero attached hydrogens (tertiary/aromatic N) is 1. The third-order valence-corrected chi connectivity index (χ3v) is 6.26. The van der Waals surface area contributed by atoms with Gasteiger partial charge in [-0.05, 0) is 57.3 Å². The van der Waals surface area contributed by atoms with Crippen LogP contribution in [0.1, 0.15) is 44.9 Å². The fraction of sp³-hybridized carbons (Fsp3) is 0.409. The van der Waals surface area contributed by atoms with E-state index in [4.69, 9.17) is 9.31 Å². The molecule has 2 aromatic rings. The summed E-state index contributed by atoms with van der Waals surface area (Å²) in [5.74, 6) is 0. The van der Waals surface area contributed by atoms with E-state index in [9.17, 15) is 4.79 Å². The largest absolute Gasteiger partial charge is 0.495 e. The summed E-state index contributed by atoms with van der Waals surface area (Å²) in [5, 5.41) is 3.09. The van der Waals surface area contributed by atoms with Gasteiger partial charge in [0.15, 0.2) is 0 Å². The van der Waals surface area contributed by atoms with Crippen molar-refractivity contribution < 1.29 is 14.1 Å². The highest BCUT2D eigenvalue weighted by Gasteiger charge is 2.52. The van der Waals surface area contributed by atoms with Gasteiger partial charge >= 0.3 is 13.1 Å². The van der Waals surface area contributed by atoms with Gasteiger partial charge in [-0.2, -0.15) is 0 Å². The third kappa shape index (κ3) is 3.10. The molecule has 146 valence electrons. The Labute approximate surface area is 167 Å². The van der Waals surface area contributed by atoms with Crippen LogP contribution in [0.4, 0.5) is 10.5 Å². The Bertz CT molecular complexity index is 882. The number of urea groups is 1. The van der Waals surface area contributed by atoms with Gasteiger partial charge in [-0.25, -0.2) is 4.79 Å². The summed E-state index contributed by atoms with van der Waals surface area (Å²) in [5.41, 5.74) is 3.17. The molecule has 5 nitrogen and oxygen atoms in total. The average Bonchev–Trinajstić information content (AvgIpc) is 3.12. The molecule has 2 amide bonds. The lowest BCUT2D eigenvalue weighted by Crippen LogP contribution is -2.41. The van der Waals surface area contributed by atoms with E-state index in [-0.39, 0.29) is 12.1 Å². The molecule has 28 heavy (non-hydrogen) atoms. The zero-order valence-electron chi connectivity index (χ0n) is 17.2. The van der Waals surface area contributed by atoms with Crippen molar-refractivity contribution in [3.63, 3.8) is 0 Å². The van der Waals surface area contributed by atoms with Crippen molar-refractivity contribution in [1.82, 2.24) is 5.32 Å². The highest BCUT2D eigenvalue weighted by Crippen LogP contribution is 2.37. The summed E-state index contributed by atoms with van der Waals surface area (Å²) >= 11 is 0. The van der Waals surface area contributed by atoms with Gasteiger partial charge in [0.25, 0.3) is 0 Å². The molecule has 2 aliphatic heterocycles. The number of rotatable bonds is 3. The van der Waals surface area contributed by atoms with Gasteiger partial charge in [-0.15, -0.1) is 0 Å². The molecule has 2 fully saturated rings. The molecule has 2 heterocycles. The van der Waals surface area contributed by atoms with Crippen LogP contribution in [-0.4, -0.2) is 30.9 Å². The van der Waals surface area contributed by atoms with E-state index >= 15 is 0 Å². The molecular formula is C22H27BN2O3. The van der Waals surface area contributed by atoms with E-state index in [1.54, 1.807) is 0 Å². The van der Waals surface area contributed by atoms with Crippen LogP contribution in [-0.2, 0) is 9.31 Å². The van der Waals surface area contributed by atoms with Crippen LogP contribution < -0.4 is 15.7 Å². The number of carbonyl (C=O) groups is 1. The summed E-state index contributed by atoms with van der Waals surface area (Å²) < 4.78 is 12.4. The molecule has 6 heteroatoms. The van der Waals surface area contributed by atoms with Gasteiger partial charge < -0.3 is 14.6 Å². The number of hydrogen-bond acceptors (Lipinski definition) is 3. The van der Waals surface area contributed by atoms with Gasteiger partial charge in [0.05, 0.1) is 23.8 Å². The van der Waals surface area contributed by atoms with Gasteiger partial charge in [0.2, 0.25) is 0 Å². The molecule has 2 aromatic carbocycles. The molecule has 1 atom stereocenters. The van der Waals surface area contributed by atoms with Crippen LogP contribution in [0.5, 0.6) is 0 Å². The van der Waals surface area contributed by atoms with Crippen LogP contribution in [0.15, 0.2) is 48.5 Å². The number of anilines is 1. The Balaban J connectivity index is 1.62. The van der Waals surface area contributed by atoms with E-state index < -0.39 is 18.3 Å². The average molecular weight is 378 g/mol. The Kier molecular flexibility index (Phi) is 4.51. The number of benzene rings is 2. The second-order valence-corrected chi connectivity index (χ2v) is 8.60. The fourth-order valence-electron chi connectivity index (χ4n) is 3.78. The molecule has 0 spiro atoms. The second-order valence-electron chi connectivity index (χ2n) is 8.60. The SMILES string of the molecule is Cc1c(B2OC(C)(C)C(C)(C)O2)cccc1N1CC(c2ccccc2)NC1=O. The summed E-state index contributed by atoms with van der Waals surface area (Å²) in [6, 6.07) is 15.9. The van der Waals surface area contributed by atoms with Crippen molar-refractivity contribution in [2.45, 2.75) is 51.9 Å². The van der Waals surface area contributed by atoms with Crippen LogP contribution in [0, 0.1) is 6.92 Å². The minimum atomic E-state index is -0.444. The Hall–Kier alpha value is -2.31. The molecule has 0 aromatic heterocycles. The molecule has 0 saturated carbocycles. The first-order valence-corrected chi connectivity index (χ1v) is 9.78. The number of amides is 2. The minimum Gasteiger partial charge on any atom is -0.399 e. The summed E-state index contributed by atoms with van der Waals surface area (Å²) in [6.07, 6.45) is 0. The van der Waals surface area contributed by atoms with Gasteiger partial charge in [-0.3, -0.25) is 4.90 Å². The third-order valence-electron chi connectivity index (χ3n) is 6.26. The maximum absolute atomic E-state index is 12.7. The maximum atomic E-state index is 12.7. The van der Waals surface area contributed by atoms with Crippen molar-refractivity contribution in [2.24, 2.45) is 0 Å². The highest BCUT2D eigenvalue weighted by atomic mass is 16.7. The van der Waals surface area contributed by atoms with Crippen molar-refractivity contribution in [3.05, 3.63) is 59.7 Å². The van der Waals surface area contributed by atoms with Gasteiger partial charge in [0.1, 0.15) is 0 Å². The van der Waals surface area contributed by atoms with Crippen molar-refractivity contribution in [1.29, 1.82) is 0 Å². The summed E-state index contributed by atoms with van der Waals surface area (Å²) in [4.78, 5) is 14.5. The topological polar surface area (TPSA) is 50.8 Å². The van der Waals surface area contributed by atoms with Crippen molar-refractivity contribution >= 4 is 24.3 Å². The highest BCUT2D eigenvalue weighted by molar-refractivity contribution is 6.62. The van der Waals surface area contributed by atoms with E-state index in [0.717, 1.165) is 22.3 Å². The lowest BCUT2D eigenvalue weighted by Gasteiger charge is -2.32. The molecule has 0 aliphatic carbocycles. The van der Waals surface area contributed by atoms with E-state index in [1.165, 1.54) is 0 Å². The predicted octanol–water partition coefficient (Wildman–Crippen LogP) is 3.57. The normalized spacial score (nSPS) is 23.2. The van der Waals surface area contributed by atoms with E-state index in [2.05, 4.69) is 5.32 Å². The number of hydrogen-bond donors (Lipinski definition) is 1. The molecule has 0 radical (unpaired) electrons. The van der Waals surface area contributed by atoms with E-state index in [1.807, 2.05) is 88.0 Å². The van der Waals surface area contributed by atoms with Gasteiger partial charge in [-0.1, -0.05) is 42.5 Å². The monoisotopic (exact) mass is 378 g/mol. The molecule has 1 N–H and O–H groups in total. The zero-order valence-corrected chi connectivity index (χ0v) is 17.2. The first kappa shape index (κ1) is 19.0. The number of carbonyl (C=O) groups excluding carboxylic acids is 1. The molecule has 2 aliphatic rings. The van der Waals surface area contributed by atoms with Crippen LogP contribution in [0.3, 0.4) is 0 Å². The number of nitrogens with one attached hydrogen (secondary N) is 1. The summed E-state index contributed by atoms with van der Waals surface area (Å²) in [6.45, 7) is 10.8. The molecule has 2 saturated heterocycles. The fourth-order valence-corrected chi connectivity index (χ4v) is 3.78. The molecule has 1 unspecified atom stereocenters. The quantitative estimate of drug-likeness (QED) is 0.831. The van der Waals surface area contributed by atoms with Crippen molar-refractivity contribution in [2.75, 3.05) is 11.4 Å². The van der Waals surface area contributed by atoms with Crippen LogP contribution in [0.25, 0.3) is 0 Å². The lowest BCUT2D eigenvalue weighted by molar-refractivity contribution is 0.00578. The first-order valence-electron chi connectivity index (χ1n) is 9.78. The Morgan fingerprint density at radius 3 is 2.29 bits per heavy atom. The maximum Gasteiger partial charge on any atom is 0.495 e. The Morgan fingerprint density at radius 1 is 1.00 bits per heavy atom. The van der Waals surface area contributed by atoms with Crippen LogP contribution >= 0.6 is 0 Å². The second kappa shape index (κ2) is 6.64. The smallest absolute Gasteiger partial charge is 0.399 e. The minimum absolute atomic E-state index is 0.0198. The molecular weight excluding hydrogens is 351 g/mol. The Morgan fingerprint density at radius 2 is 1.64 bits per heavy atom. The summed E-state index contributed by atoms with van der Waals surface area (Å²) in [7, 11) is -0.444. The zero-order chi connectivity index (χ0) is 20.1.